The number of methoxy groups -OCH3 is 1. The van der Waals surface area contributed by atoms with Crippen molar-refractivity contribution in [3.05, 3.63) is 41.2 Å². The van der Waals surface area contributed by atoms with Crippen molar-refractivity contribution in [1.82, 2.24) is 15.0 Å². The van der Waals surface area contributed by atoms with E-state index in [-0.39, 0.29) is 12.3 Å². The number of carboxylic acid groups (broad SMARTS) is 1. The lowest BCUT2D eigenvalue weighted by molar-refractivity contribution is 0.0684. The van der Waals surface area contributed by atoms with Crippen molar-refractivity contribution in [2.45, 2.75) is 32.9 Å². The van der Waals surface area contributed by atoms with Gasteiger partial charge in [-0.25, -0.2) is 9.48 Å². The molecule has 0 aliphatic carbocycles. The minimum Gasteiger partial charge on any atom is -0.494 e. The number of hydrogen-bond acceptors (Lipinski definition) is 5. The van der Waals surface area contributed by atoms with Gasteiger partial charge in [-0.15, -0.1) is 5.10 Å². The van der Waals surface area contributed by atoms with Crippen LogP contribution in [0.5, 0.6) is 5.75 Å². The summed E-state index contributed by atoms with van der Waals surface area (Å²) in [6.45, 7) is 3.38. The Bertz CT molecular complexity index is 655. The zero-order chi connectivity index (χ0) is 16.7. The highest BCUT2D eigenvalue weighted by Gasteiger charge is 2.18. The Morgan fingerprint density at radius 1 is 1.35 bits per heavy atom. The molecule has 0 spiro atoms. The first-order chi connectivity index (χ1) is 11.1. The molecule has 1 N–H and O–H groups in total. The van der Waals surface area contributed by atoms with Crippen LogP contribution in [0.4, 0.5) is 0 Å². The average Bonchev–Trinajstić information content (AvgIpc) is 2.91. The number of aryl methyl sites for hydroxylation is 2. The molecular formula is C16H21N3O4. The van der Waals surface area contributed by atoms with E-state index in [1.807, 2.05) is 31.2 Å². The molecule has 124 valence electrons. The molecule has 23 heavy (non-hydrogen) atoms. The van der Waals surface area contributed by atoms with Crippen molar-refractivity contribution < 1.29 is 19.4 Å². The largest absolute Gasteiger partial charge is 0.494 e. The molecule has 1 aromatic carbocycles. The fourth-order valence-electron chi connectivity index (χ4n) is 2.22. The summed E-state index contributed by atoms with van der Waals surface area (Å²) >= 11 is 0. The van der Waals surface area contributed by atoms with E-state index in [0.717, 1.165) is 24.2 Å². The molecule has 7 nitrogen and oxygen atoms in total. The zero-order valence-corrected chi connectivity index (χ0v) is 13.4. The molecule has 1 aromatic heterocycles. The van der Waals surface area contributed by atoms with Crippen LogP contribution in [0.1, 0.15) is 34.6 Å². The Labute approximate surface area is 134 Å². The highest BCUT2D eigenvalue weighted by Crippen LogP contribution is 2.13. The van der Waals surface area contributed by atoms with E-state index >= 15 is 0 Å². The number of aromatic carboxylic acids is 1. The molecule has 2 aromatic rings. The molecule has 1 heterocycles. The number of carbonyl (C=O) groups is 1. The molecule has 7 heteroatoms. The minimum absolute atomic E-state index is 0.0529. The summed E-state index contributed by atoms with van der Waals surface area (Å²) in [4.78, 5) is 11.1. The number of benzene rings is 1. The van der Waals surface area contributed by atoms with Gasteiger partial charge in [0.05, 0.1) is 18.9 Å². The van der Waals surface area contributed by atoms with E-state index in [9.17, 15) is 4.79 Å². The van der Waals surface area contributed by atoms with Crippen molar-refractivity contribution in [3.63, 3.8) is 0 Å². The molecule has 0 aliphatic rings. The third-order valence-corrected chi connectivity index (χ3v) is 3.34. The first-order valence-corrected chi connectivity index (χ1v) is 7.46. The van der Waals surface area contributed by atoms with Crippen LogP contribution in [0.2, 0.25) is 0 Å². The number of aromatic nitrogens is 3. The van der Waals surface area contributed by atoms with Crippen molar-refractivity contribution in [2.75, 3.05) is 13.7 Å². The summed E-state index contributed by atoms with van der Waals surface area (Å²) in [5.41, 5.74) is 1.60. The molecular weight excluding hydrogens is 298 g/mol. The zero-order valence-electron chi connectivity index (χ0n) is 13.4. The van der Waals surface area contributed by atoms with Crippen LogP contribution in [0, 0.1) is 6.92 Å². The van der Waals surface area contributed by atoms with Crippen LogP contribution in [-0.2, 0) is 17.9 Å². The summed E-state index contributed by atoms with van der Waals surface area (Å²) in [6, 6.07) is 7.91. The van der Waals surface area contributed by atoms with E-state index in [0.29, 0.717) is 18.8 Å². The number of rotatable bonds is 9. The fourth-order valence-corrected chi connectivity index (χ4v) is 2.22. The predicted molar refractivity (Wildman–Crippen MR) is 83.6 cm³/mol. The lowest BCUT2D eigenvalue weighted by atomic mass is 10.2. The van der Waals surface area contributed by atoms with Crippen LogP contribution in [0.3, 0.4) is 0 Å². The molecule has 0 bridgehead atoms. The van der Waals surface area contributed by atoms with Crippen LogP contribution < -0.4 is 4.74 Å². The number of unbranched alkanes of at least 4 members (excludes halogenated alkanes) is 1. The normalized spacial score (nSPS) is 10.7. The summed E-state index contributed by atoms with van der Waals surface area (Å²) in [7, 11) is 1.51. The smallest absolute Gasteiger partial charge is 0.358 e. The number of hydrogen-bond donors (Lipinski definition) is 1. The van der Waals surface area contributed by atoms with Gasteiger partial charge in [0.15, 0.2) is 5.69 Å². The SMILES string of the molecule is COCc1c(C(=O)O)nnn1CCCCOc1cccc(C)c1. The molecule has 0 radical (unpaired) electrons. The summed E-state index contributed by atoms with van der Waals surface area (Å²) in [6.07, 6.45) is 1.65. The van der Waals surface area contributed by atoms with Gasteiger partial charge in [0.2, 0.25) is 0 Å². The second kappa shape index (κ2) is 8.28. The van der Waals surface area contributed by atoms with Gasteiger partial charge in [-0.1, -0.05) is 17.3 Å². The van der Waals surface area contributed by atoms with Crippen molar-refractivity contribution in [1.29, 1.82) is 0 Å². The lowest BCUT2D eigenvalue weighted by Crippen LogP contribution is -2.10. The van der Waals surface area contributed by atoms with Gasteiger partial charge in [0.1, 0.15) is 5.75 Å². The average molecular weight is 319 g/mol. The van der Waals surface area contributed by atoms with Crippen LogP contribution in [0.15, 0.2) is 24.3 Å². The quantitative estimate of drug-likeness (QED) is 0.714. The molecule has 0 fully saturated rings. The number of carboxylic acids is 1. The predicted octanol–water partition coefficient (Wildman–Crippen LogP) is 2.29. The molecule has 2 rings (SSSR count). The summed E-state index contributed by atoms with van der Waals surface area (Å²) < 4.78 is 12.3. The standard InChI is InChI=1S/C16H21N3O4/c1-12-6-5-7-13(10-12)23-9-4-3-8-19-14(11-22-2)15(16(20)21)17-18-19/h5-7,10H,3-4,8-9,11H2,1-2H3,(H,20,21). The van der Waals surface area contributed by atoms with E-state index in [2.05, 4.69) is 10.3 Å². The van der Waals surface area contributed by atoms with Gasteiger partial charge < -0.3 is 14.6 Å². The molecule has 0 aliphatic heterocycles. The maximum atomic E-state index is 11.1. The van der Waals surface area contributed by atoms with Gasteiger partial charge >= 0.3 is 5.97 Å². The number of ether oxygens (including phenoxy) is 2. The Morgan fingerprint density at radius 3 is 2.87 bits per heavy atom. The van der Waals surface area contributed by atoms with Crippen molar-refractivity contribution in [3.8, 4) is 5.75 Å². The second-order valence-corrected chi connectivity index (χ2v) is 5.22. The van der Waals surface area contributed by atoms with Gasteiger partial charge in [-0.2, -0.15) is 0 Å². The van der Waals surface area contributed by atoms with Crippen molar-refractivity contribution >= 4 is 5.97 Å². The van der Waals surface area contributed by atoms with Gasteiger partial charge in [-0.3, -0.25) is 0 Å². The molecule has 0 amide bonds. The van der Waals surface area contributed by atoms with Crippen LogP contribution in [0.25, 0.3) is 0 Å². The van der Waals surface area contributed by atoms with E-state index < -0.39 is 5.97 Å². The molecule has 0 unspecified atom stereocenters. The van der Waals surface area contributed by atoms with Gasteiger partial charge in [0, 0.05) is 13.7 Å². The maximum absolute atomic E-state index is 11.1. The topological polar surface area (TPSA) is 86.5 Å². The highest BCUT2D eigenvalue weighted by atomic mass is 16.5. The van der Waals surface area contributed by atoms with Crippen molar-refractivity contribution in [2.24, 2.45) is 0 Å². The number of nitrogens with zero attached hydrogens (tertiary/aromatic N) is 3. The van der Waals surface area contributed by atoms with E-state index in [1.54, 1.807) is 4.68 Å². The Kier molecular flexibility index (Phi) is 6.10. The van der Waals surface area contributed by atoms with Crippen LogP contribution >= 0.6 is 0 Å². The monoisotopic (exact) mass is 319 g/mol. The maximum Gasteiger partial charge on any atom is 0.358 e. The Morgan fingerprint density at radius 2 is 2.17 bits per heavy atom. The fraction of sp³-hybridized carbons (Fsp3) is 0.438. The Balaban J connectivity index is 1.81. The van der Waals surface area contributed by atoms with E-state index in [4.69, 9.17) is 14.6 Å². The summed E-state index contributed by atoms with van der Waals surface area (Å²) in [5.74, 6) is -0.231. The highest BCUT2D eigenvalue weighted by molar-refractivity contribution is 5.86. The Hall–Kier alpha value is -2.41. The van der Waals surface area contributed by atoms with Gasteiger partial charge in [0.25, 0.3) is 0 Å². The first kappa shape index (κ1) is 17.0. The second-order valence-electron chi connectivity index (χ2n) is 5.22. The minimum atomic E-state index is -1.09. The first-order valence-electron chi connectivity index (χ1n) is 7.46. The molecule has 0 saturated heterocycles. The molecule has 0 atom stereocenters. The third-order valence-electron chi connectivity index (χ3n) is 3.34. The lowest BCUT2D eigenvalue weighted by Gasteiger charge is -2.08. The van der Waals surface area contributed by atoms with Gasteiger partial charge in [-0.05, 0) is 37.5 Å². The molecule has 0 saturated carbocycles. The summed E-state index contributed by atoms with van der Waals surface area (Å²) in [5, 5.41) is 16.7. The van der Waals surface area contributed by atoms with E-state index in [1.165, 1.54) is 7.11 Å². The third kappa shape index (κ3) is 4.79. The van der Waals surface area contributed by atoms with Crippen LogP contribution in [-0.4, -0.2) is 39.8 Å².